The van der Waals surface area contributed by atoms with Gasteiger partial charge < -0.3 is 9.84 Å². The van der Waals surface area contributed by atoms with Crippen molar-refractivity contribution in [2.24, 2.45) is 0 Å². The largest absolute Gasteiger partial charge is 0.512 e. The molecule has 3 nitrogen and oxygen atoms in total. The Labute approximate surface area is 138 Å². The molecule has 0 amide bonds. The fraction of sp³-hybridized carbons (Fsp3) is 0.389. The number of halogens is 3. The number of nitrogens with zero attached hydrogens (tertiary/aromatic N) is 1. The van der Waals surface area contributed by atoms with Gasteiger partial charge >= 0.3 is 6.18 Å². The number of hydrogen-bond donors (Lipinski definition) is 1. The normalized spacial score (nSPS) is 16.0. The van der Waals surface area contributed by atoms with Crippen molar-refractivity contribution < 1.29 is 23.0 Å². The van der Waals surface area contributed by atoms with Crippen LogP contribution in [0.1, 0.15) is 43.7 Å². The lowest BCUT2D eigenvalue weighted by atomic mass is 9.98. The first-order valence-electron chi connectivity index (χ1n) is 7.72. The van der Waals surface area contributed by atoms with E-state index in [1.54, 1.807) is 12.1 Å². The smallest absolute Gasteiger partial charge is 0.417 e. The van der Waals surface area contributed by atoms with Crippen LogP contribution in [0.5, 0.6) is 5.75 Å². The number of alkyl halides is 3. The maximum Gasteiger partial charge on any atom is 0.417 e. The zero-order chi connectivity index (χ0) is 17.7. The minimum absolute atomic E-state index is 0.0548. The lowest BCUT2D eigenvalue weighted by Crippen LogP contribution is -2.20. The summed E-state index contributed by atoms with van der Waals surface area (Å²) in [5, 5.41) is 18.5. The minimum Gasteiger partial charge on any atom is -0.512 e. The third-order valence-electron chi connectivity index (χ3n) is 3.73. The molecule has 1 unspecified atom stereocenters. The van der Waals surface area contributed by atoms with Crippen molar-refractivity contribution in [1.82, 2.24) is 0 Å². The van der Waals surface area contributed by atoms with Gasteiger partial charge in [0, 0.05) is 6.42 Å². The van der Waals surface area contributed by atoms with Crippen LogP contribution in [0.3, 0.4) is 0 Å². The molecular weight excluding hydrogens is 319 g/mol. The Morgan fingerprint density at radius 3 is 2.71 bits per heavy atom. The predicted molar refractivity (Wildman–Crippen MR) is 83.5 cm³/mol. The molecule has 1 aromatic carbocycles. The van der Waals surface area contributed by atoms with Crippen molar-refractivity contribution >= 4 is 0 Å². The van der Waals surface area contributed by atoms with Crippen molar-refractivity contribution in [2.75, 3.05) is 0 Å². The van der Waals surface area contributed by atoms with Crippen LogP contribution >= 0.6 is 0 Å². The fourth-order valence-corrected chi connectivity index (χ4v) is 2.58. The highest BCUT2D eigenvalue weighted by molar-refractivity contribution is 5.44. The second-order valence-corrected chi connectivity index (χ2v) is 5.59. The third-order valence-corrected chi connectivity index (χ3v) is 3.73. The van der Waals surface area contributed by atoms with Crippen LogP contribution in [-0.2, 0) is 6.18 Å². The van der Waals surface area contributed by atoms with Gasteiger partial charge in [0.2, 0.25) is 0 Å². The molecule has 6 heteroatoms. The Bertz CT molecular complexity index is 699. The highest BCUT2D eigenvalue weighted by Gasteiger charge is 2.34. The molecule has 128 valence electrons. The van der Waals surface area contributed by atoms with Crippen molar-refractivity contribution in [3.63, 3.8) is 0 Å². The van der Waals surface area contributed by atoms with E-state index >= 15 is 0 Å². The molecule has 1 aliphatic rings. The molecule has 0 saturated heterocycles. The number of hydrogen-bond acceptors (Lipinski definition) is 3. The van der Waals surface area contributed by atoms with Gasteiger partial charge in [-0.05, 0) is 42.7 Å². The number of allylic oxidation sites excluding steroid dienone is 2. The quantitative estimate of drug-likeness (QED) is 0.794. The topological polar surface area (TPSA) is 53.2 Å². The Hall–Kier alpha value is -2.42. The van der Waals surface area contributed by atoms with Gasteiger partial charge in [0.05, 0.1) is 23.0 Å². The number of aliphatic hydroxyl groups is 1. The fourth-order valence-electron chi connectivity index (χ4n) is 2.58. The van der Waals surface area contributed by atoms with E-state index in [0.717, 1.165) is 24.1 Å². The number of aliphatic hydroxyl groups excluding tert-OH is 1. The summed E-state index contributed by atoms with van der Waals surface area (Å²) in [5.41, 5.74) is -0.677. The van der Waals surface area contributed by atoms with Crippen LogP contribution in [0, 0.1) is 11.3 Å². The van der Waals surface area contributed by atoms with Gasteiger partial charge in [0.1, 0.15) is 11.9 Å². The van der Waals surface area contributed by atoms with Crippen LogP contribution in [0.2, 0.25) is 0 Å². The molecule has 0 aliphatic heterocycles. The summed E-state index contributed by atoms with van der Waals surface area (Å²) < 4.78 is 44.9. The van der Waals surface area contributed by atoms with E-state index in [1.807, 2.05) is 13.0 Å². The molecular formula is C18H18F3NO2. The van der Waals surface area contributed by atoms with Crippen LogP contribution < -0.4 is 4.74 Å². The highest BCUT2D eigenvalue weighted by Crippen LogP contribution is 2.35. The third kappa shape index (κ3) is 4.31. The summed E-state index contributed by atoms with van der Waals surface area (Å²) in [6, 6.07) is 4.88. The Balaban J connectivity index is 2.30. The zero-order valence-corrected chi connectivity index (χ0v) is 13.2. The zero-order valence-electron chi connectivity index (χ0n) is 13.2. The molecule has 1 aliphatic carbocycles. The Morgan fingerprint density at radius 2 is 2.12 bits per heavy atom. The summed E-state index contributed by atoms with van der Waals surface area (Å²) in [6.45, 7) is 1.95. The van der Waals surface area contributed by atoms with Crippen LogP contribution in [0.4, 0.5) is 13.2 Å². The Kier molecular flexibility index (Phi) is 5.55. The van der Waals surface area contributed by atoms with Crippen LogP contribution in [0.25, 0.3) is 0 Å². The van der Waals surface area contributed by atoms with Crippen molar-refractivity contribution in [2.45, 2.75) is 44.9 Å². The van der Waals surface area contributed by atoms with E-state index in [4.69, 9.17) is 10.00 Å². The van der Waals surface area contributed by atoms with Gasteiger partial charge in [-0.15, -0.1) is 0 Å². The predicted octanol–water partition coefficient (Wildman–Crippen LogP) is 5.29. The molecule has 0 bridgehead atoms. The summed E-state index contributed by atoms with van der Waals surface area (Å²) in [6.07, 6.45) is 1.08. The number of nitriles is 1. The number of benzene rings is 1. The van der Waals surface area contributed by atoms with Crippen LogP contribution in [-0.4, -0.2) is 11.2 Å². The summed E-state index contributed by atoms with van der Waals surface area (Å²) in [5.74, 6) is 0.298. The van der Waals surface area contributed by atoms with Crippen molar-refractivity contribution in [3.05, 3.63) is 52.8 Å². The minimum atomic E-state index is -4.62. The lowest BCUT2D eigenvalue weighted by molar-refractivity contribution is -0.137. The molecule has 0 spiro atoms. The molecule has 0 aromatic heterocycles. The standard InChI is InChI=1S/C18H18F3NO2/c1-2-4-17(12-5-3-6-14(23)9-12)24-15-8-7-13(11-22)16(10-15)18(19,20)21/h5,7-10,17,23H,2-4,6H2,1H3. The van der Waals surface area contributed by atoms with Gasteiger partial charge in [0.25, 0.3) is 0 Å². The molecule has 0 saturated carbocycles. The van der Waals surface area contributed by atoms with Crippen LogP contribution in [0.15, 0.2) is 41.7 Å². The van der Waals surface area contributed by atoms with Gasteiger partial charge in [-0.25, -0.2) is 0 Å². The maximum atomic E-state index is 13.0. The Morgan fingerprint density at radius 1 is 1.38 bits per heavy atom. The van der Waals surface area contributed by atoms with Gasteiger partial charge in [-0.2, -0.15) is 18.4 Å². The van der Waals surface area contributed by atoms with E-state index in [9.17, 15) is 18.3 Å². The number of rotatable bonds is 5. The van der Waals surface area contributed by atoms with E-state index in [0.29, 0.717) is 19.3 Å². The molecule has 0 fully saturated rings. The van der Waals surface area contributed by atoms with Gasteiger partial charge in [-0.3, -0.25) is 0 Å². The maximum absolute atomic E-state index is 13.0. The average Bonchev–Trinajstić information content (AvgIpc) is 2.53. The van der Waals surface area contributed by atoms with E-state index < -0.39 is 23.4 Å². The SMILES string of the molecule is CCCC(Oc1ccc(C#N)c(C(F)(F)F)c1)C1=CCCC(O)=C1. The summed E-state index contributed by atoms with van der Waals surface area (Å²) in [7, 11) is 0. The van der Waals surface area contributed by atoms with Gasteiger partial charge in [0.15, 0.2) is 0 Å². The first-order valence-corrected chi connectivity index (χ1v) is 7.72. The number of ether oxygens (including phenoxy) is 1. The molecule has 1 N–H and O–H groups in total. The molecule has 1 aromatic rings. The second-order valence-electron chi connectivity index (χ2n) is 5.59. The first kappa shape index (κ1) is 17.9. The molecule has 24 heavy (non-hydrogen) atoms. The molecule has 0 radical (unpaired) electrons. The van der Waals surface area contributed by atoms with E-state index in [1.165, 1.54) is 6.07 Å². The first-order chi connectivity index (χ1) is 11.3. The second kappa shape index (κ2) is 7.43. The van der Waals surface area contributed by atoms with Crippen molar-refractivity contribution in [1.29, 1.82) is 5.26 Å². The van der Waals surface area contributed by atoms with Crippen molar-refractivity contribution in [3.8, 4) is 11.8 Å². The summed E-state index contributed by atoms with van der Waals surface area (Å²) >= 11 is 0. The van der Waals surface area contributed by atoms with Gasteiger partial charge in [-0.1, -0.05) is 19.4 Å². The highest BCUT2D eigenvalue weighted by atomic mass is 19.4. The monoisotopic (exact) mass is 337 g/mol. The lowest BCUT2D eigenvalue weighted by Gasteiger charge is -2.23. The summed E-state index contributed by atoms with van der Waals surface area (Å²) in [4.78, 5) is 0. The van der Waals surface area contributed by atoms with E-state index in [-0.39, 0.29) is 11.5 Å². The van der Waals surface area contributed by atoms with E-state index in [2.05, 4.69) is 0 Å². The average molecular weight is 337 g/mol. The molecule has 0 heterocycles. The molecule has 1 atom stereocenters. The molecule has 2 rings (SSSR count).